The first kappa shape index (κ1) is 21.7. The number of rotatable bonds is 7. The summed E-state index contributed by atoms with van der Waals surface area (Å²) < 4.78 is 4.91. The molecule has 9 nitrogen and oxygen atoms in total. The third-order valence-electron chi connectivity index (χ3n) is 5.16. The molecule has 0 saturated carbocycles. The van der Waals surface area contributed by atoms with Crippen LogP contribution in [0.2, 0.25) is 0 Å². The molecular weight excluding hydrogens is 400 g/mol. The lowest BCUT2D eigenvalue weighted by Crippen LogP contribution is -2.42. The van der Waals surface area contributed by atoms with Crippen LogP contribution in [0.5, 0.6) is 0 Å². The number of nitrogen functional groups attached to an aromatic ring is 1. The smallest absolute Gasteiger partial charge is 0.311 e. The largest absolute Gasteiger partial charge is 0.469 e. The van der Waals surface area contributed by atoms with Crippen molar-refractivity contribution in [3.05, 3.63) is 70.3 Å². The van der Waals surface area contributed by atoms with Crippen molar-refractivity contribution < 1.29 is 23.9 Å². The van der Waals surface area contributed by atoms with Crippen molar-refractivity contribution in [3.63, 3.8) is 0 Å². The number of benzene rings is 2. The van der Waals surface area contributed by atoms with Gasteiger partial charge in [-0.3, -0.25) is 29.9 Å². The van der Waals surface area contributed by atoms with E-state index in [0.29, 0.717) is 5.56 Å². The molecule has 2 aromatic rings. The average Bonchev–Trinajstić information content (AvgIpc) is 3.04. The first-order valence-corrected chi connectivity index (χ1v) is 9.53. The van der Waals surface area contributed by atoms with Gasteiger partial charge in [0, 0.05) is 17.2 Å². The molecule has 5 N–H and O–H groups in total. The fourth-order valence-electron chi connectivity index (χ4n) is 3.44. The zero-order chi connectivity index (χ0) is 22.7. The summed E-state index contributed by atoms with van der Waals surface area (Å²) >= 11 is 0. The number of amidine groups is 1. The summed E-state index contributed by atoms with van der Waals surface area (Å²) in [6.07, 6.45) is 0.260. The Hall–Kier alpha value is -4.01. The molecule has 2 unspecified atom stereocenters. The number of nitrogens with two attached hydrogens (primary N) is 1. The second-order valence-electron chi connectivity index (χ2n) is 7.25. The van der Waals surface area contributed by atoms with Gasteiger partial charge < -0.3 is 15.8 Å². The van der Waals surface area contributed by atoms with Gasteiger partial charge in [-0.25, -0.2) is 0 Å². The number of amides is 3. The molecule has 1 aliphatic heterocycles. The molecule has 0 fully saturated rings. The molecule has 2 atom stereocenters. The van der Waals surface area contributed by atoms with Gasteiger partial charge in [0.1, 0.15) is 5.84 Å². The monoisotopic (exact) mass is 422 g/mol. The SMILES string of the molecule is COC(=O)C(Cc1cccc(C(=N)N)c1)C(C)NC(=O)c1ccc2c(c1)C(=O)NC2=O. The molecular formula is C22H22N4O5. The molecule has 1 aliphatic rings. The standard InChI is InChI=1S/C22H22N4O5/c1-11(16(22(30)31-2)9-12-4-3-5-13(8-12)18(23)24)25-19(27)14-6-7-15-17(10-14)21(29)26-20(15)28/h3-8,10-11,16H,9H2,1-2H3,(H3,23,24)(H,25,27)(H,26,28,29). The number of nitrogens with one attached hydrogen (secondary N) is 3. The molecule has 0 spiro atoms. The Morgan fingerprint density at radius 1 is 1.10 bits per heavy atom. The molecule has 1 heterocycles. The molecule has 0 aliphatic carbocycles. The maximum Gasteiger partial charge on any atom is 0.311 e. The number of ether oxygens (including phenoxy) is 1. The Morgan fingerprint density at radius 2 is 1.81 bits per heavy atom. The maximum atomic E-state index is 12.7. The van der Waals surface area contributed by atoms with Crippen molar-refractivity contribution in [2.45, 2.75) is 19.4 Å². The van der Waals surface area contributed by atoms with Crippen LogP contribution < -0.4 is 16.4 Å². The van der Waals surface area contributed by atoms with Gasteiger partial charge >= 0.3 is 5.97 Å². The van der Waals surface area contributed by atoms with Gasteiger partial charge in [-0.15, -0.1) is 0 Å². The summed E-state index contributed by atoms with van der Waals surface area (Å²) in [6.45, 7) is 1.68. The summed E-state index contributed by atoms with van der Waals surface area (Å²) in [5.74, 6) is -2.83. The second kappa shape index (κ2) is 8.78. The molecule has 160 valence electrons. The average molecular weight is 422 g/mol. The number of carbonyl (C=O) groups is 4. The minimum Gasteiger partial charge on any atom is -0.469 e. The minimum absolute atomic E-state index is 0.0862. The molecule has 3 amide bonds. The Bertz CT molecular complexity index is 1100. The summed E-state index contributed by atoms with van der Waals surface area (Å²) in [6, 6.07) is 10.5. The summed E-state index contributed by atoms with van der Waals surface area (Å²) in [5.41, 5.74) is 7.37. The third-order valence-corrected chi connectivity index (χ3v) is 5.16. The quantitative estimate of drug-likeness (QED) is 0.226. The lowest BCUT2D eigenvalue weighted by atomic mass is 9.92. The van der Waals surface area contributed by atoms with Gasteiger partial charge in [0.05, 0.1) is 24.2 Å². The van der Waals surface area contributed by atoms with E-state index in [-0.39, 0.29) is 28.9 Å². The highest BCUT2D eigenvalue weighted by atomic mass is 16.5. The van der Waals surface area contributed by atoms with E-state index in [1.54, 1.807) is 31.2 Å². The van der Waals surface area contributed by atoms with Crippen LogP contribution in [-0.4, -0.2) is 42.7 Å². The Labute approximate surface area is 178 Å². The fourth-order valence-corrected chi connectivity index (χ4v) is 3.44. The number of esters is 1. The Kier molecular flexibility index (Phi) is 6.15. The van der Waals surface area contributed by atoms with Crippen molar-refractivity contribution in [1.29, 1.82) is 5.41 Å². The number of methoxy groups -OCH3 is 1. The van der Waals surface area contributed by atoms with Gasteiger partial charge in [0.15, 0.2) is 0 Å². The number of carbonyl (C=O) groups excluding carboxylic acids is 4. The van der Waals surface area contributed by atoms with Crippen LogP contribution in [0, 0.1) is 11.3 Å². The van der Waals surface area contributed by atoms with E-state index in [1.807, 2.05) is 0 Å². The van der Waals surface area contributed by atoms with Gasteiger partial charge in [-0.2, -0.15) is 0 Å². The number of imide groups is 1. The van der Waals surface area contributed by atoms with Crippen LogP contribution >= 0.6 is 0 Å². The van der Waals surface area contributed by atoms with E-state index >= 15 is 0 Å². The maximum absolute atomic E-state index is 12.7. The molecule has 31 heavy (non-hydrogen) atoms. The molecule has 0 radical (unpaired) electrons. The Morgan fingerprint density at radius 3 is 2.48 bits per heavy atom. The van der Waals surface area contributed by atoms with Gasteiger partial charge in [-0.05, 0) is 43.2 Å². The molecule has 0 bridgehead atoms. The predicted molar refractivity (Wildman–Crippen MR) is 112 cm³/mol. The first-order valence-electron chi connectivity index (χ1n) is 9.53. The highest BCUT2D eigenvalue weighted by Gasteiger charge is 2.30. The highest BCUT2D eigenvalue weighted by molar-refractivity contribution is 6.22. The van der Waals surface area contributed by atoms with Crippen LogP contribution in [0.3, 0.4) is 0 Å². The molecule has 0 aromatic heterocycles. The van der Waals surface area contributed by atoms with Crippen molar-refractivity contribution >= 4 is 29.5 Å². The molecule has 3 rings (SSSR count). The van der Waals surface area contributed by atoms with Crippen LogP contribution in [0.1, 0.15) is 49.1 Å². The summed E-state index contributed by atoms with van der Waals surface area (Å²) in [4.78, 5) is 48.6. The predicted octanol–water partition coefficient (Wildman–Crippen LogP) is 1.00. The van der Waals surface area contributed by atoms with Crippen LogP contribution in [-0.2, 0) is 16.0 Å². The van der Waals surface area contributed by atoms with Gasteiger partial charge in [0.2, 0.25) is 0 Å². The molecule has 9 heteroatoms. The lowest BCUT2D eigenvalue weighted by Gasteiger charge is -2.23. The van der Waals surface area contributed by atoms with E-state index < -0.39 is 35.7 Å². The van der Waals surface area contributed by atoms with Crippen molar-refractivity contribution in [2.75, 3.05) is 7.11 Å². The van der Waals surface area contributed by atoms with E-state index in [1.165, 1.54) is 25.3 Å². The zero-order valence-corrected chi connectivity index (χ0v) is 17.0. The van der Waals surface area contributed by atoms with Gasteiger partial charge in [0.25, 0.3) is 17.7 Å². The number of hydrogen-bond donors (Lipinski definition) is 4. The van der Waals surface area contributed by atoms with E-state index in [0.717, 1.165) is 5.56 Å². The Balaban J connectivity index is 1.78. The van der Waals surface area contributed by atoms with Crippen LogP contribution in [0.4, 0.5) is 0 Å². The second-order valence-corrected chi connectivity index (χ2v) is 7.25. The molecule has 0 saturated heterocycles. The van der Waals surface area contributed by atoms with Crippen LogP contribution in [0.25, 0.3) is 0 Å². The first-order chi connectivity index (χ1) is 14.7. The summed E-state index contributed by atoms with van der Waals surface area (Å²) in [5, 5.41) is 12.5. The van der Waals surface area contributed by atoms with Crippen LogP contribution in [0.15, 0.2) is 42.5 Å². The van der Waals surface area contributed by atoms with E-state index in [4.69, 9.17) is 15.9 Å². The normalized spacial score (nSPS) is 14.3. The zero-order valence-electron chi connectivity index (χ0n) is 17.0. The van der Waals surface area contributed by atoms with E-state index in [2.05, 4.69) is 10.6 Å². The van der Waals surface area contributed by atoms with Crippen molar-refractivity contribution in [1.82, 2.24) is 10.6 Å². The fraction of sp³-hybridized carbons (Fsp3) is 0.227. The number of hydrogen-bond acceptors (Lipinski definition) is 6. The molecule has 2 aromatic carbocycles. The minimum atomic E-state index is -0.699. The van der Waals surface area contributed by atoms with Gasteiger partial charge in [-0.1, -0.05) is 18.2 Å². The summed E-state index contributed by atoms with van der Waals surface area (Å²) in [7, 11) is 1.27. The number of fused-ring (bicyclic) bond motifs is 1. The topological polar surface area (TPSA) is 151 Å². The van der Waals surface area contributed by atoms with E-state index in [9.17, 15) is 19.2 Å². The third kappa shape index (κ3) is 4.61. The lowest BCUT2D eigenvalue weighted by molar-refractivity contribution is -0.146. The van der Waals surface area contributed by atoms with Crippen molar-refractivity contribution in [2.24, 2.45) is 11.7 Å². The highest BCUT2D eigenvalue weighted by Crippen LogP contribution is 2.19. The van der Waals surface area contributed by atoms with Crippen molar-refractivity contribution in [3.8, 4) is 0 Å².